The smallest absolute Gasteiger partial charge is 0.0354 e. The summed E-state index contributed by atoms with van der Waals surface area (Å²) in [6.45, 7) is 4.81. The fourth-order valence-corrected chi connectivity index (χ4v) is 2.77. The topological polar surface area (TPSA) is 3.24 Å². The number of hydrogen-bond donors (Lipinski definition) is 0. The van der Waals surface area contributed by atoms with Crippen molar-refractivity contribution >= 4 is 15.9 Å². The van der Waals surface area contributed by atoms with Crippen molar-refractivity contribution in [2.45, 2.75) is 18.9 Å². The van der Waals surface area contributed by atoms with Gasteiger partial charge in [-0.1, -0.05) is 46.8 Å². The van der Waals surface area contributed by atoms with Crippen LogP contribution in [-0.2, 0) is 6.42 Å². The molecule has 1 aliphatic carbocycles. The number of benzene rings is 1. The molecule has 1 atom stereocenters. The van der Waals surface area contributed by atoms with Gasteiger partial charge in [0.25, 0.3) is 0 Å². The van der Waals surface area contributed by atoms with Crippen molar-refractivity contribution in [3.63, 3.8) is 0 Å². The Morgan fingerprint density at radius 3 is 3.00 bits per heavy atom. The van der Waals surface area contributed by atoms with Gasteiger partial charge >= 0.3 is 0 Å². The van der Waals surface area contributed by atoms with Crippen LogP contribution in [0.2, 0.25) is 0 Å². The number of likely N-dealkylation sites (N-methyl/N-ethyl adjacent to an activating group) is 1. The largest absolute Gasteiger partial charge is 0.295 e. The second-order valence-corrected chi connectivity index (χ2v) is 5.31. The first-order chi connectivity index (χ1) is 7.18. The number of nitrogens with zero attached hydrogens (tertiary/aromatic N) is 1. The maximum atomic E-state index is 3.90. The summed E-state index contributed by atoms with van der Waals surface area (Å²) >= 11 is 3.43. The van der Waals surface area contributed by atoms with Crippen LogP contribution in [-0.4, -0.2) is 18.5 Å². The molecular weight excluding hydrogens is 250 g/mol. The number of aryl methyl sites for hydroxylation is 1. The fourth-order valence-electron chi connectivity index (χ4n) is 2.37. The van der Waals surface area contributed by atoms with Gasteiger partial charge in [0, 0.05) is 17.1 Å². The van der Waals surface area contributed by atoms with Crippen LogP contribution in [0.3, 0.4) is 0 Å². The highest BCUT2D eigenvalue weighted by atomic mass is 79.9. The predicted octanol–water partition coefficient (Wildman–Crippen LogP) is 3.51. The number of rotatable bonds is 3. The van der Waals surface area contributed by atoms with Crippen LogP contribution in [0.4, 0.5) is 0 Å². The molecule has 0 heterocycles. The van der Waals surface area contributed by atoms with E-state index in [2.05, 4.69) is 58.7 Å². The molecule has 0 radical (unpaired) electrons. The second-order valence-electron chi connectivity index (χ2n) is 4.19. The first kappa shape index (κ1) is 10.9. The van der Waals surface area contributed by atoms with Gasteiger partial charge in [0.05, 0.1) is 0 Å². The first-order valence-corrected chi connectivity index (χ1v) is 6.09. The standard InChI is InChI=1S/C13H16BrN/c1-10(14)9-15(2)13-8-7-11-5-3-4-6-12(11)13/h3-6,13H,1,7-9H2,2H3/t13-/m1/s1. The monoisotopic (exact) mass is 265 g/mol. The van der Waals surface area contributed by atoms with E-state index in [1.165, 1.54) is 24.0 Å². The molecule has 1 nitrogen and oxygen atoms in total. The molecule has 0 aliphatic heterocycles. The van der Waals surface area contributed by atoms with Gasteiger partial charge < -0.3 is 0 Å². The molecule has 0 fully saturated rings. The van der Waals surface area contributed by atoms with Gasteiger partial charge in [0.15, 0.2) is 0 Å². The van der Waals surface area contributed by atoms with Crippen LogP contribution >= 0.6 is 15.9 Å². The Morgan fingerprint density at radius 1 is 1.53 bits per heavy atom. The Morgan fingerprint density at radius 2 is 2.27 bits per heavy atom. The molecule has 1 aromatic rings. The molecule has 0 amide bonds. The molecule has 0 unspecified atom stereocenters. The molecule has 80 valence electrons. The van der Waals surface area contributed by atoms with E-state index in [0.29, 0.717) is 6.04 Å². The predicted molar refractivity (Wildman–Crippen MR) is 68.2 cm³/mol. The number of hydrogen-bond acceptors (Lipinski definition) is 1. The van der Waals surface area contributed by atoms with E-state index < -0.39 is 0 Å². The molecule has 0 bridgehead atoms. The van der Waals surface area contributed by atoms with E-state index in [1.807, 2.05) is 0 Å². The molecule has 0 N–H and O–H groups in total. The third-order valence-corrected chi connectivity index (χ3v) is 3.30. The summed E-state index contributed by atoms with van der Waals surface area (Å²) in [5.74, 6) is 0. The van der Waals surface area contributed by atoms with Gasteiger partial charge in [-0.2, -0.15) is 0 Å². The minimum Gasteiger partial charge on any atom is -0.295 e. The first-order valence-electron chi connectivity index (χ1n) is 5.30. The van der Waals surface area contributed by atoms with E-state index in [1.54, 1.807) is 0 Å². The second kappa shape index (κ2) is 4.50. The lowest BCUT2D eigenvalue weighted by atomic mass is 10.1. The van der Waals surface area contributed by atoms with E-state index in [-0.39, 0.29) is 0 Å². The van der Waals surface area contributed by atoms with E-state index in [9.17, 15) is 0 Å². The van der Waals surface area contributed by atoms with Crippen molar-refractivity contribution in [2.75, 3.05) is 13.6 Å². The maximum Gasteiger partial charge on any atom is 0.0354 e. The van der Waals surface area contributed by atoms with Gasteiger partial charge in [0.1, 0.15) is 0 Å². The minimum atomic E-state index is 0.565. The van der Waals surface area contributed by atoms with Gasteiger partial charge in [-0.25, -0.2) is 0 Å². The Bertz CT molecular complexity index is 373. The third-order valence-electron chi connectivity index (χ3n) is 3.05. The molecule has 0 aromatic heterocycles. The molecule has 2 rings (SSSR count). The zero-order valence-electron chi connectivity index (χ0n) is 9.04. The van der Waals surface area contributed by atoms with Crippen LogP contribution < -0.4 is 0 Å². The minimum absolute atomic E-state index is 0.565. The molecule has 1 aromatic carbocycles. The molecular formula is C13H16BrN. The summed E-state index contributed by atoms with van der Waals surface area (Å²) in [4.78, 5) is 2.36. The van der Waals surface area contributed by atoms with Crippen molar-refractivity contribution in [1.82, 2.24) is 4.90 Å². The SMILES string of the molecule is C=C(Br)CN(C)[C@@H]1CCc2ccccc21. The molecule has 1 aliphatic rings. The maximum absolute atomic E-state index is 3.90. The van der Waals surface area contributed by atoms with Crippen LogP contribution in [0.25, 0.3) is 0 Å². The molecule has 2 heteroatoms. The Hall–Kier alpha value is -0.600. The van der Waals surface area contributed by atoms with Crippen LogP contribution in [0, 0.1) is 0 Å². The Balaban J connectivity index is 2.16. The highest BCUT2D eigenvalue weighted by Gasteiger charge is 2.25. The zero-order chi connectivity index (χ0) is 10.8. The summed E-state index contributed by atoms with van der Waals surface area (Å²) in [5, 5.41) is 0. The van der Waals surface area contributed by atoms with Crippen molar-refractivity contribution in [1.29, 1.82) is 0 Å². The summed E-state index contributed by atoms with van der Waals surface area (Å²) in [7, 11) is 2.17. The lowest BCUT2D eigenvalue weighted by molar-refractivity contribution is 0.269. The number of halogens is 1. The van der Waals surface area contributed by atoms with Gasteiger partial charge in [-0.15, -0.1) is 0 Å². The fraction of sp³-hybridized carbons (Fsp3) is 0.385. The van der Waals surface area contributed by atoms with E-state index in [4.69, 9.17) is 0 Å². The van der Waals surface area contributed by atoms with Gasteiger partial charge in [-0.3, -0.25) is 4.90 Å². The Kier molecular flexibility index (Phi) is 3.27. The average molecular weight is 266 g/mol. The van der Waals surface area contributed by atoms with E-state index in [0.717, 1.165) is 11.0 Å². The highest BCUT2D eigenvalue weighted by molar-refractivity contribution is 9.11. The molecule has 0 saturated heterocycles. The normalized spacial score (nSPS) is 19.3. The van der Waals surface area contributed by atoms with Crippen molar-refractivity contribution in [3.8, 4) is 0 Å². The summed E-state index contributed by atoms with van der Waals surface area (Å²) in [6.07, 6.45) is 2.44. The lowest BCUT2D eigenvalue weighted by Crippen LogP contribution is -2.23. The van der Waals surface area contributed by atoms with Gasteiger partial charge in [0.2, 0.25) is 0 Å². The summed E-state index contributed by atoms with van der Waals surface area (Å²) < 4.78 is 1.05. The van der Waals surface area contributed by atoms with E-state index >= 15 is 0 Å². The van der Waals surface area contributed by atoms with Crippen LogP contribution in [0.15, 0.2) is 35.3 Å². The molecule has 15 heavy (non-hydrogen) atoms. The average Bonchev–Trinajstić information content (AvgIpc) is 2.59. The number of fused-ring (bicyclic) bond motifs is 1. The van der Waals surface area contributed by atoms with Crippen molar-refractivity contribution in [3.05, 3.63) is 46.5 Å². The van der Waals surface area contributed by atoms with Crippen LogP contribution in [0.5, 0.6) is 0 Å². The highest BCUT2D eigenvalue weighted by Crippen LogP contribution is 2.35. The molecule has 0 saturated carbocycles. The third kappa shape index (κ3) is 2.32. The van der Waals surface area contributed by atoms with Crippen molar-refractivity contribution < 1.29 is 0 Å². The Labute approximate surface area is 99.9 Å². The molecule has 0 spiro atoms. The van der Waals surface area contributed by atoms with Crippen LogP contribution in [0.1, 0.15) is 23.6 Å². The lowest BCUT2D eigenvalue weighted by Gasteiger charge is -2.24. The summed E-state index contributed by atoms with van der Waals surface area (Å²) in [6, 6.07) is 9.32. The zero-order valence-corrected chi connectivity index (χ0v) is 10.6. The summed E-state index contributed by atoms with van der Waals surface area (Å²) in [5.41, 5.74) is 3.00. The van der Waals surface area contributed by atoms with Gasteiger partial charge in [-0.05, 0) is 31.0 Å². The van der Waals surface area contributed by atoms with Crippen molar-refractivity contribution in [2.24, 2.45) is 0 Å². The quantitative estimate of drug-likeness (QED) is 0.809.